The molecule has 2 atom stereocenters. The summed E-state index contributed by atoms with van der Waals surface area (Å²) >= 11 is 0. The zero-order valence-corrected chi connectivity index (χ0v) is 39.4. The van der Waals surface area contributed by atoms with Crippen LogP contribution in [-0.4, -0.2) is 57.6 Å². The van der Waals surface area contributed by atoms with Crippen LogP contribution in [0.15, 0.2) is 194 Å². The van der Waals surface area contributed by atoms with Crippen LogP contribution in [0.3, 0.4) is 0 Å². The van der Waals surface area contributed by atoms with Crippen molar-refractivity contribution in [1.82, 2.24) is 0 Å². The highest BCUT2D eigenvalue weighted by Crippen LogP contribution is 2.41. The molecular formula is C52H56N2Si4. The zero-order chi connectivity index (χ0) is 40.7. The summed E-state index contributed by atoms with van der Waals surface area (Å²) in [7, 11) is -2.63. The van der Waals surface area contributed by atoms with E-state index in [2.05, 4.69) is 258 Å². The van der Waals surface area contributed by atoms with E-state index in [-0.39, 0.29) is 0 Å². The molecule has 0 saturated heterocycles. The molecular weight excluding hydrogens is 765 g/mol. The minimum absolute atomic E-state index is 1.30. The molecule has 0 aliphatic rings. The van der Waals surface area contributed by atoms with Crippen molar-refractivity contribution < 1.29 is 0 Å². The Labute approximate surface area is 349 Å². The van der Waals surface area contributed by atoms with Crippen LogP contribution in [0.25, 0.3) is 21.5 Å². The number of nitrogens with zero attached hydrogens (tertiary/aromatic N) is 2. The van der Waals surface area contributed by atoms with Crippen LogP contribution in [0.4, 0.5) is 11.4 Å². The lowest BCUT2D eigenvalue weighted by molar-refractivity contribution is 1.14. The molecule has 0 spiro atoms. The Balaban J connectivity index is 1.73. The number of fused-ring (bicyclic) bond motifs is 2. The molecule has 0 amide bonds. The van der Waals surface area contributed by atoms with Crippen molar-refractivity contribution in [3.05, 3.63) is 194 Å². The van der Waals surface area contributed by atoms with Gasteiger partial charge in [-0.25, -0.2) is 0 Å². The lowest BCUT2D eigenvalue weighted by Gasteiger charge is -2.61. The maximum Gasteiger partial charge on any atom is 0.110 e. The molecule has 0 bridgehead atoms. The Morgan fingerprint density at radius 2 is 0.552 bits per heavy atom. The highest BCUT2D eigenvalue weighted by Gasteiger charge is 2.70. The highest BCUT2D eigenvalue weighted by molar-refractivity contribution is 7.94. The van der Waals surface area contributed by atoms with Gasteiger partial charge in [0.15, 0.2) is 0 Å². The van der Waals surface area contributed by atoms with Gasteiger partial charge in [0.05, 0.1) is 14.2 Å². The van der Waals surface area contributed by atoms with Gasteiger partial charge in [-0.05, 0) is 22.9 Å². The summed E-state index contributed by atoms with van der Waals surface area (Å²) in [5.74, 6) is 0. The first-order chi connectivity index (χ1) is 28.0. The van der Waals surface area contributed by atoms with Crippen LogP contribution in [-0.2, 0) is 0 Å². The summed E-state index contributed by atoms with van der Waals surface area (Å²) < 4.78 is 0. The number of anilines is 2. The first kappa shape index (κ1) is 39.6. The molecule has 0 aromatic heterocycles. The predicted octanol–water partition coefficient (Wildman–Crippen LogP) is 8.42. The van der Waals surface area contributed by atoms with E-state index in [0.29, 0.717) is 0 Å². The van der Waals surface area contributed by atoms with E-state index in [1.165, 1.54) is 53.7 Å². The number of hydrogen-bond acceptors (Lipinski definition) is 2. The Hall–Kier alpha value is -5.25. The summed E-state index contributed by atoms with van der Waals surface area (Å²) in [6.45, 7) is 11.4. The molecule has 2 nitrogen and oxygen atoms in total. The van der Waals surface area contributed by atoms with Crippen LogP contribution in [0.1, 0.15) is 0 Å². The topological polar surface area (TPSA) is 6.48 Å². The third-order valence-corrected chi connectivity index (χ3v) is 74.1. The van der Waals surface area contributed by atoms with E-state index < -0.39 is 29.4 Å². The average Bonchev–Trinajstić information content (AvgIpc) is 3.28. The normalized spacial score (nSPS) is 14.1. The van der Waals surface area contributed by atoms with Crippen molar-refractivity contribution in [1.29, 1.82) is 0 Å². The minimum atomic E-state index is -2.98. The van der Waals surface area contributed by atoms with Crippen molar-refractivity contribution >= 4 is 93.4 Å². The maximum atomic E-state index is 2.90. The van der Waals surface area contributed by atoms with Gasteiger partial charge in [0.1, 0.15) is 15.2 Å². The summed E-state index contributed by atoms with van der Waals surface area (Å²) in [4.78, 5) is 4.72. The predicted molar refractivity (Wildman–Crippen MR) is 267 cm³/mol. The van der Waals surface area contributed by atoms with E-state index in [4.69, 9.17) is 0 Å². The Bertz CT molecular complexity index is 2410. The first-order valence-corrected chi connectivity index (χ1v) is 33.6. The fraction of sp³-hybridized carbons (Fsp3) is 0.154. The monoisotopic (exact) mass is 820 g/mol. The van der Waals surface area contributed by atoms with Gasteiger partial charge in [-0.1, -0.05) is 239 Å². The number of rotatable bonds is 11. The third-order valence-electron chi connectivity index (χ3n) is 14.2. The summed E-state index contributed by atoms with van der Waals surface area (Å²) in [6.07, 6.45) is 0. The van der Waals surface area contributed by atoms with Crippen LogP contribution >= 0.6 is 0 Å². The molecule has 0 unspecified atom stereocenters. The average molecular weight is 821 g/mol. The van der Waals surface area contributed by atoms with Gasteiger partial charge in [-0.15, -0.1) is 0 Å². The van der Waals surface area contributed by atoms with Crippen LogP contribution in [0.2, 0.25) is 26.2 Å². The van der Waals surface area contributed by atoms with Gasteiger partial charge in [-0.3, -0.25) is 0 Å². The second-order valence-electron chi connectivity index (χ2n) is 17.1. The van der Waals surface area contributed by atoms with Gasteiger partial charge >= 0.3 is 0 Å². The fourth-order valence-electron chi connectivity index (χ4n) is 10.9. The number of hydrogen-bond donors (Lipinski definition) is 0. The summed E-state index contributed by atoms with van der Waals surface area (Å²) in [5, 5.41) is 14.8. The van der Waals surface area contributed by atoms with Gasteiger partial charge in [0.25, 0.3) is 0 Å². The molecule has 0 heterocycles. The molecule has 290 valence electrons. The van der Waals surface area contributed by atoms with Crippen LogP contribution < -0.4 is 40.9 Å². The largest absolute Gasteiger partial charge is 0.377 e. The van der Waals surface area contributed by atoms with Crippen molar-refractivity contribution in [2.24, 2.45) is 0 Å². The van der Waals surface area contributed by atoms with Gasteiger partial charge < -0.3 is 9.80 Å². The molecule has 0 N–H and O–H groups in total. The van der Waals surface area contributed by atoms with E-state index in [0.717, 1.165) is 0 Å². The summed E-state index contributed by atoms with van der Waals surface area (Å²) in [5.41, 5.74) is 2.60. The lowest BCUT2D eigenvalue weighted by atomic mass is 10.1. The maximum absolute atomic E-state index is 2.98. The van der Waals surface area contributed by atoms with E-state index in [1.54, 1.807) is 10.4 Å². The van der Waals surface area contributed by atoms with E-state index >= 15 is 0 Å². The lowest BCUT2D eigenvalue weighted by Crippen LogP contribution is -2.98. The van der Waals surface area contributed by atoms with Crippen LogP contribution in [0, 0.1) is 0 Å². The van der Waals surface area contributed by atoms with E-state index in [9.17, 15) is 0 Å². The van der Waals surface area contributed by atoms with Gasteiger partial charge in [0, 0.05) is 50.3 Å². The standard InChI is InChI=1S/C52H56N2Si4/c1-53(2)47-37-21-25-41-27-23-39-49(51(41)47)57(7,55(5,43-29-13-9-14-30-43)44-31-15-10-16-32-44)58(8,50-40-24-28-42-26-22-38-48(52(42)50)54(3)4)56(6,45-33-17-11-18-34-45)46-35-19-12-20-36-46/h9-40H,1-8H3/t57-,58-/m0/s1. The van der Waals surface area contributed by atoms with Gasteiger partial charge in [-0.2, -0.15) is 0 Å². The highest BCUT2D eigenvalue weighted by atomic mass is 29.8. The molecule has 0 aliphatic heterocycles. The molecule has 0 fully saturated rings. The molecule has 0 radical (unpaired) electrons. The van der Waals surface area contributed by atoms with Crippen molar-refractivity contribution in [2.75, 3.05) is 38.0 Å². The van der Waals surface area contributed by atoms with Gasteiger partial charge in [0.2, 0.25) is 0 Å². The fourth-order valence-corrected chi connectivity index (χ4v) is 86.9. The zero-order valence-electron chi connectivity index (χ0n) is 35.4. The second-order valence-corrected chi connectivity index (χ2v) is 50.5. The second kappa shape index (κ2) is 15.5. The molecule has 8 rings (SSSR count). The summed E-state index contributed by atoms with van der Waals surface area (Å²) in [6, 6.07) is 75.9. The third kappa shape index (κ3) is 5.91. The molecule has 8 aromatic rings. The Morgan fingerprint density at radius 1 is 0.293 bits per heavy atom. The van der Waals surface area contributed by atoms with Crippen molar-refractivity contribution in [3.8, 4) is 0 Å². The SMILES string of the molecule is CN(C)c1cccc2cccc([Si@@](C)([Si](C)(c3ccccc3)c3ccccc3)[Si@@](C)(c3cccc4cccc(N(C)C)c34)[Si](C)(c3ccccc3)c3ccccc3)c12. The molecule has 8 aromatic carbocycles. The molecule has 58 heavy (non-hydrogen) atoms. The molecule has 0 aliphatic carbocycles. The number of benzene rings is 8. The Morgan fingerprint density at radius 3 is 0.810 bits per heavy atom. The van der Waals surface area contributed by atoms with Crippen molar-refractivity contribution in [2.45, 2.75) is 26.2 Å². The van der Waals surface area contributed by atoms with Crippen molar-refractivity contribution in [3.63, 3.8) is 0 Å². The van der Waals surface area contributed by atoms with Crippen LogP contribution in [0.5, 0.6) is 0 Å². The molecule has 6 heteroatoms. The van der Waals surface area contributed by atoms with E-state index in [1.807, 2.05) is 0 Å². The Kier molecular flexibility index (Phi) is 10.6. The molecule has 0 saturated carbocycles. The quantitative estimate of drug-likeness (QED) is 0.121. The first-order valence-electron chi connectivity index (χ1n) is 20.6. The smallest absolute Gasteiger partial charge is 0.110 e. The minimum Gasteiger partial charge on any atom is -0.377 e.